The summed E-state index contributed by atoms with van der Waals surface area (Å²) >= 11 is 0. The van der Waals surface area contributed by atoms with Crippen LogP contribution in [-0.2, 0) is 26.9 Å². The average molecular weight is 420 g/mol. The topological polar surface area (TPSA) is 78.3 Å². The molecule has 4 rings (SSSR count). The number of aromatic nitrogens is 2. The molecule has 0 saturated carbocycles. The zero-order valence-electron chi connectivity index (χ0n) is 16.4. The Morgan fingerprint density at radius 1 is 0.900 bits per heavy atom. The lowest BCUT2D eigenvalue weighted by Gasteiger charge is -2.11. The van der Waals surface area contributed by atoms with Crippen LogP contribution in [0.3, 0.4) is 0 Å². The molecule has 0 aliphatic rings. The summed E-state index contributed by atoms with van der Waals surface area (Å²) in [5.41, 5.74) is 3.35. The van der Waals surface area contributed by atoms with Gasteiger partial charge >= 0.3 is 5.97 Å². The third-order valence-corrected chi connectivity index (χ3v) is 6.39. The van der Waals surface area contributed by atoms with Gasteiger partial charge in [-0.3, -0.25) is 0 Å². The predicted molar refractivity (Wildman–Crippen MR) is 114 cm³/mol. The van der Waals surface area contributed by atoms with Crippen LogP contribution in [-0.4, -0.2) is 31.0 Å². The molecule has 152 valence electrons. The first-order valence-electron chi connectivity index (χ1n) is 9.37. The fraction of sp³-hybridized carbons (Fsp3) is 0.130. The number of rotatable bonds is 6. The number of ether oxygens (including phenoxy) is 1. The first-order valence-corrected chi connectivity index (χ1v) is 11.0. The average Bonchev–Trinajstić information content (AvgIpc) is 3.14. The second-order valence-electron chi connectivity index (χ2n) is 6.90. The second kappa shape index (κ2) is 8.12. The Labute approximate surface area is 174 Å². The summed E-state index contributed by atoms with van der Waals surface area (Å²) in [5, 5.41) is 0.0320. The number of para-hydroxylation sites is 2. The lowest BCUT2D eigenvalue weighted by Crippen LogP contribution is -2.14. The maximum atomic E-state index is 13.2. The highest BCUT2D eigenvalue weighted by atomic mass is 32.2. The number of benzene rings is 3. The van der Waals surface area contributed by atoms with Crippen molar-refractivity contribution in [2.75, 3.05) is 7.11 Å². The van der Waals surface area contributed by atoms with Gasteiger partial charge in [-0.25, -0.2) is 18.2 Å². The van der Waals surface area contributed by atoms with E-state index in [0.29, 0.717) is 23.2 Å². The molecule has 0 aliphatic heterocycles. The third kappa shape index (κ3) is 3.97. The van der Waals surface area contributed by atoms with Crippen LogP contribution in [0.5, 0.6) is 0 Å². The minimum absolute atomic E-state index is 0.0320. The van der Waals surface area contributed by atoms with E-state index in [4.69, 9.17) is 4.74 Å². The summed E-state index contributed by atoms with van der Waals surface area (Å²) in [6.45, 7) is 0.311. The Morgan fingerprint density at radius 3 is 2.27 bits per heavy atom. The van der Waals surface area contributed by atoms with E-state index in [2.05, 4.69) is 4.98 Å². The van der Waals surface area contributed by atoms with Gasteiger partial charge in [-0.1, -0.05) is 54.6 Å². The summed E-state index contributed by atoms with van der Waals surface area (Å²) in [6.07, 6.45) is 0. The number of methoxy groups -OCH3 is 1. The number of carbonyl (C=O) groups is 1. The molecule has 0 fully saturated rings. The van der Waals surface area contributed by atoms with Crippen molar-refractivity contribution < 1.29 is 17.9 Å². The van der Waals surface area contributed by atoms with Crippen molar-refractivity contribution in [3.8, 4) is 0 Å². The molecule has 0 aliphatic carbocycles. The quantitative estimate of drug-likeness (QED) is 0.443. The zero-order valence-corrected chi connectivity index (χ0v) is 17.2. The number of esters is 1. The molecule has 0 radical (unpaired) electrons. The van der Waals surface area contributed by atoms with Crippen molar-refractivity contribution >= 4 is 26.8 Å². The van der Waals surface area contributed by atoms with Crippen LogP contribution in [0.25, 0.3) is 11.0 Å². The molecule has 6 nitrogen and oxygen atoms in total. The molecule has 0 saturated heterocycles. The van der Waals surface area contributed by atoms with E-state index >= 15 is 0 Å². The maximum absolute atomic E-state index is 13.2. The minimum atomic E-state index is -3.67. The number of fused-ring (bicyclic) bond motifs is 1. The maximum Gasteiger partial charge on any atom is 0.337 e. The number of hydrogen-bond donors (Lipinski definition) is 0. The van der Waals surface area contributed by atoms with Crippen LogP contribution in [0.1, 0.15) is 21.5 Å². The van der Waals surface area contributed by atoms with E-state index in [9.17, 15) is 13.2 Å². The van der Waals surface area contributed by atoms with Gasteiger partial charge in [0, 0.05) is 0 Å². The van der Waals surface area contributed by atoms with Gasteiger partial charge in [-0.2, -0.15) is 0 Å². The van der Waals surface area contributed by atoms with Gasteiger partial charge in [-0.05, 0) is 35.4 Å². The van der Waals surface area contributed by atoms with Crippen molar-refractivity contribution in [1.82, 2.24) is 9.55 Å². The van der Waals surface area contributed by atoms with Crippen LogP contribution in [0.2, 0.25) is 0 Å². The summed E-state index contributed by atoms with van der Waals surface area (Å²) in [6, 6.07) is 23.3. The monoisotopic (exact) mass is 420 g/mol. The van der Waals surface area contributed by atoms with Gasteiger partial charge in [0.25, 0.3) is 0 Å². The van der Waals surface area contributed by atoms with E-state index in [1.54, 1.807) is 47.0 Å². The zero-order chi connectivity index (χ0) is 21.1. The van der Waals surface area contributed by atoms with Crippen molar-refractivity contribution in [2.45, 2.75) is 17.5 Å². The molecule has 7 heteroatoms. The van der Waals surface area contributed by atoms with Gasteiger partial charge in [-0.15, -0.1) is 0 Å². The van der Waals surface area contributed by atoms with Crippen molar-refractivity contribution in [2.24, 2.45) is 0 Å². The fourth-order valence-electron chi connectivity index (χ4n) is 3.35. The smallest absolute Gasteiger partial charge is 0.337 e. The molecule has 3 aromatic carbocycles. The number of imidazole rings is 1. The molecule has 0 N–H and O–H groups in total. The van der Waals surface area contributed by atoms with Gasteiger partial charge in [0.15, 0.2) is 0 Å². The number of hydrogen-bond acceptors (Lipinski definition) is 5. The molecule has 30 heavy (non-hydrogen) atoms. The predicted octanol–water partition coefficient (Wildman–Crippen LogP) is 3.85. The largest absolute Gasteiger partial charge is 0.465 e. The lowest BCUT2D eigenvalue weighted by molar-refractivity contribution is 0.0600. The van der Waals surface area contributed by atoms with Gasteiger partial charge in [0.2, 0.25) is 15.0 Å². The van der Waals surface area contributed by atoms with Crippen LogP contribution in [0.4, 0.5) is 0 Å². The highest BCUT2D eigenvalue weighted by Gasteiger charge is 2.24. The summed E-state index contributed by atoms with van der Waals surface area (Å²) < 4.78 is 32.9. The van der Waals surface area contributed by atoms with Crippen LogP contribution < -0.4 is 0 Å². The Bertz CT molecular complexity index is 1290. The standard InChI is InChI=1S/C23H20N2O4S/c1-29-22(26)19-13-11-17(12-14-19)15-25-21-10-6-5-9-20(21)24-23(25)30(27,28)16-18-7-3-2-4-8-18/h2-14H,15-16H2,1H3. The first kappa shape index (κ1) is 19.8. The molecule has 1 heterocycles. The highest BCUT2D eigenvalue weighted by Crippen LogP contribution is 2.24. The minimum Gasteiger partial charge on any atom is -0.465 e. The normalized spacial score (nSPS) is 11.5. The molecule has 0 atom stereocenters. The Balaban J connectivity index is 1.74. The van der Waals surface area contributed by atoms with Crippen LogP contribution >= 0.6 is 0 Å². The Hall–Kier alpha value is -3.45. The van der Waals surface area contributed by atoms with E-state index in [0.717, 1.165) is 11.1 Å². The molecule has 0 spiro atoms. The molecular formula is C23H20N2O4S. The van der Waals surface area contributed by atoms with E-state index in [-0.39, 0.29) is 10.9 Å². The highest BCUT2D eigenvalue weighted by molar-refractivity contribution is 7.90. The van der Waals surface area contributed by atoms with Crippen LogP contribution in [0, 0.1) is 0 Å². The van der Waals surface area contributed by atoms with Crippen molar-refractivity contribution in [1.29, 1.82) is 0 Å². The van der Waals surface area contributed by atoms with Gasteiger partial charge in [0.1, 0.15) is 0 Å². The lowest BCUT2D eigenvalue weighted by atomic mass is 10.1. The third-order valence-electron chi connectivity index (χ3n) is 4.81. The number of carbonyl (C=O) groups excluding carboxylic acids is 1. The molecule has 4 aromatic rings. The van der Waals surface area contributed by atoms with E-state index < -0.39 is 15.8 Å². The van der Waals surface area contributed by atoms with Crippen LogP contribution in [0.15, 0.2) is 84.0 Å². The van der Waals surface area contributed by atoms with Crippen molar-refractivity contribution in [3.05, 3.63) is 95.6 Å². The second-order valence-corrected chi connectivity index (χ2v) is 8.79. The van der Waals surface area contributed by atoms with Gasteiger partial charge in [0.05, 0.1) is 36.0 Å². The Kier molecular flexibility index (Phi) is 5.37. The Morgan fingerprint density at radius 2 is 1.57 bits per heavy atom. The number of sulfone groups is 1. The van der Waals surface area contributed by atoms with Gasteiger partial charge < -0.3 is 9.30 Å². The van der Waals surface area contributed by atoms with E-state index in [1.807, 2.05) is 36.4 Å². The van der Waals surface area contributed by atoms with E-state index in [1.165, 1.54) is 7.11 Å². The summed E-state index contributed by atoms with van der Waals surface area (Å²) in [7, 11) is -2.34. The molecule has 0 unspecified atom stereocenters. The molecule has 0 bridgehead atoms. The fourth-order valence-corrected chi connectivity index (χ4v) is 4.84. The first-order chi connectivity index (χ1) is 14.5. The molecule has 0 amide bonds. The molecular weight excluding hydrogens is 400 g/mol. The summed E-state index contributed by atoms with van der Waals surface area (Å²) in [4.78, 5) is 16.1. The SMILES string of the molecule is COC(=O)c1ccc(Cn2c(S(=O)(=O)Cc3ccccc3)nc3ccccc32)cc1. The van der Waals surface area contributed by atoms with Crippen molar-refractivity contribution in [3.63, 3.8) is 0 Å². The number of nitrogens with zero attached hydrogens (tertiary/aromatic N) is 2. The molecule has 1 aromatic heterocycles. The summed E-state index contributed by atoms with van der Waals surface area (Å²) in [5.74, 6) is -0.543.